The Morgan fingerprint density at radius 2 is 1.91 bits per heavy atom. The van der Waals surface area contributed by atoms with Gasteiger partial charge in [0.25, 0.3) is 0 Å². The van der Waals surface area contributed by atoms with Gasteiger partial charge in [-0.25, -0.2) is 4.98 Å². The number of carboxylic acid groups (broad SMARTS) is 1. The Labute approximate surface area is 134 Å². The number of imidazole rings is 1. The molecule has 0 bridgehead atoms. The van der Waals surface area contributed by atoms with Gasteiger partial charge < -0.3 is 14.8 Å². The molecule has 0 amide bonds. The molecule has 2 heterocycles. The van der Waals surface area contributed by atoms with Crippen molar-refractivity contribution in [3.8, 4) is 0 Å². The average molecular weight is 309 g/mol. The summed E-state index contributed by atoms with van der Waals surface area (Å²) >= 11 is 0. The van der Waals surface area contributed by atoms with Crippen LogP contribution in [0.4, 0.5) is 0 Å². The van der Waals surface area contributed by atoms with E-state index in [-0.39, 0.29) is 5.69 Å². The number of carbonyl (C=O) groups excluding carboxylic acids is 1. The van der Waals surface area contributed by atoms with E-state index in [4.69, 9.17) is 0 Å². The molecule has 1 N–H and O–H groups in total. The molecular formula is C18H19N3O2. The second-order valence-electron chi connectivity index (χ2n) is 5.93. The minimum absolute atomic E-state index is 0.0306. The molecular weight excluding hydrogens is 290 g/mol. The number of nitrogens with zero attached hydrogens (tertiary/aromatic N) is 2. The van der Waals surface area contributed by atoms with Crippen LogP contribution >= 0.6 is 0 Å². The van der Waals surface area contributed by atoms with Gasteiger partial charge in [0, 0.05) is 11.8 Å². The van der Waals surface area contributed by atoms with Gasteiger partial charge in [0.1, 0.15) is 30.1 Å². The van der Waals surface area contributed by atoms with Gasteiger partial charge >= 0.3 is 0 Å². The maximum absolute atomic E-state index is 11.4. The largest absolute Gasteiger partial charge is 0.543 e. The van der Waals surface area contributed by atoms with Crippen LogP contribution < -0.4 is 10.0 Å². The van der Waals surface area contributed by atoms with Crippen molar-refractivity contribution in [2.45, 2.75) is 20.0 Å². The third-order valence-electron chi connectivity index (χ3n) is 3.88. The molecule has 0 aliphatic heterocycles. The number of nitrogens with one attached hydrogen (secondary N) is 1. The lowest BCUT2D eigenvalue weighted by Gasteiger charge is -2.15. The molecule has 3 rings (SSSR count). The Kier molecular flexibility index (Phi) is 4.12. The van der Waals surface area contributed by atoms with Crippen molar-refractivity contribution in [1.29, 1.82) is 0 Å². The molecule has 23 heavy (non-hydrogen) atoms. The molecule has 0 aliphatic rings. The molecule has 118 valence electrons. The SMILES string of the molecule is Cc1ccc2nc(C(=O)[O-])c(C[NH+](C)Cc3ccccc3)n2c1. The fourth-order valence-corrected chi connectivity index (χ4v) is 2.82. The Bertz CT molecular complexity index is 840. The number of aromatic nitrogens is 2. The highest BCUT2D eigenvalue weighted by Gasteiger charge is 2.17. The van der Waals surface area contributed by atoms with Crippen LogP contribution in [0.1, 0.15) is 27.3 Å². The van der Waals surface area contributed by atoms with Gasteiger partial charge in [-0.1, -0.05) is 36.4 Å². The molecule has 0 saturated carbocycles. The third-order valence-corrected chi connectivity index (χ3v) is 3.88. The van der Waals surface area contributed by atoms with Crippen LogP contribution in [-0.4, -0.2) is 22.4 Å². The summed E-state index contributed by atoms with van der Waals surface area (Å²) in [4.78, 5) is 16.8. The summed E-state index contributed by atoms with van der Waals surface area (Å²) in [6.45, 7) is 3.34. The normalized spacial score (nSPS) is 12.4. The van der Waals surface area contributed by atoms with Gasteiger partial charge in [-0.15, -0.1) is 0 Å². The molecule has 0 aliphatic carbocycles. The standard InChI is InChI=1S/C18H19N3O2/c1-13-8-9-16-19-17(18(22)23)15(21(16)10-13)12-20(2)11-14-6-4-3-5-7-14/h3-10H,11-12H2,1-2H3,(H,22,23). The van der Waals surface area contributed by atoms with E-state index in [1.165, 1.54) is 10.5 Å². The number of quaternary nitrogens is 1. The first-order chi connectivity index (χ1) is 11.0. The van der Waals surface area contributed by atoms with Crippen molar-refractivity contribution in [3.05, 3.63) is 71.2 Å². The van der Waals surface area contributed by atoms with Gasteiger partial charge in [0.05, 0.1) is 13.0 Å². The molecule has 3 aromatic rings. The summed E-state index contributed by atoms with van der Waals surface area (Å²) in [5, 5.41) is 11.4. The minimum atomic E-state index is -1.23. The summed E-state index contributed by atoms with van der Waals surface area (Å²) in [6.07, 6.45) is 1.92. The molecule has 5 nitrogen and oxygen atoms in total. The number of rotatable bonds is 5. The van der Waals surface area contributed by atoms with Crippen molar-refractivity contribution in [3.63, 3.8) is 0 Å². The zero-order chi connectivity index (χ0) is 16.4. The molecule has 0 radical (unpaired) electrons. The monoisotopic (exact) mass is 309 g/mol. The van der Waals surface area contributed by atoms with Crippen LogP contribution in [0.15, 0.2) is 48.7 Å². The number of hydrogen-bond acceptors (Lipinski definition) is 3. The number of carboxylic acids is 1. The Morgan fingerprint density at radius 1 is 1.17 bits per heavy atom. The van der Waals surface area contributed by atoms with Crippen LogP contribution in [0.3, 0.4) is 0 Å². The second-order valence-corrected chi connectivity index (χ2v) is 5.93. The van der Waals surface area contributed by atoms with Crippen LogP contribution in [0.2, 0.25) is 0 Å². The Balaban J connectivity index is 1.93. The molecule has 1 unspecified atom stereocenters. The van der Waals surface area contributed by atoms with E-state index >= 15 is 0 Å². The zero-order valence-corrected chi connectivity index (χ0v) is 13.2. The van der Waals surface area contributed by atoms with E-state index < -0.39 is 5.97 Å². The summed E-state index contributed by atoms with van der Waals surface area (Å²) in [7, 11) is 2.04. The quantitative estimate of drug-likeness (QED) is 0.733. The number of benzene rings is 1. The average Bonchev–Trinajstić information content (AvgIpc) is 2.86. The molecule has 0 spiro atoms. The van der Waals surface area contributed by atoms with Gasteiger partial charge in [0.15, 0.2) is 0 Å². The van der Waals surface area contributed by atoms with Crippen molar-refractivity contribution in [1.82, 2.24) is 9.38 Å². The first kappa shape index (κ1) is 15.2. The van der Waals surface area contributed by atoms with Gasteiger partial charge in [-0.05, 0) is 18.6 Å². The molecule has 5 heteroatoms. The predicted molar refractivity (Wildman–Crippen MR) is 85.0 cm³/mol. The minimum Gasteiger partial charge on any atom is -0.543 e. The number of hydrogen-bond donors (Lipinski definition) is 1. The molecule has 1 atom stereocenters. The third kappa shape index (κ3) is 3.24. The lowest BCUT2D eigenvalue weighted by Crippen LogP contribution is -3.06. The van der Waals surface area contributed by atoms with Crippen LogP contribution in [-0.2, 0) is 13.1 Å². The molecule has 0 fully saturated rings. The summed E-state index contributed by atoms with van der Waals surface area (Å²) < 4.78 is 1.86. The number of carbonyl (C=O) groups is 1. The van der Waals surface area contributed by atoms with Crippen molar-refractivity contribution in [2.24, 2.45) is 0 Å². The fraction of sp³-hybridized carbons (Fsp3) is 0.222. The maximum atomic E-state index is 11.4. The molecule has 2 aromatic heterocycles. The van der Waals surface area contributed by atoms with Gasteiger partial charge in [-0.3, -0.25) is 4.40 Å². The number of fused-ring (bicyclic) bond motifs is 1. The topological polar surface area (TPSA) is 61.9 Å². The number of aryl methyl sites for hydroxylation is 1. The highest BCUT2D eigenvalue weighted by atomic mass is 16.4. The fourth-order valence-electron chi connectivity index (χ4n) is 2.82. The second kappa shape index (κ2) is 6.22. The molecule has 1 aromatic carbocycles. The van der Waals surface area contributed by atoms with Crippen molar-refractivity contribution < 1.29 is 14.8 Å². The van der Waals surface area contributed by atoms with Gasteiger partial charge in [-0.2, -0.15) is 0 Å². The summed E-state index contributed by atoms with van der Waals surface area (Å²) in [5.74, 6) is -1.23. The highest BCUT2D eigenvalue weighted by molar-refractivity contribution is 5.86. The Morgan fingerprint density at radius 3 is 2.61 bits per heavy atom. The van der Waals surface area contributed by atoms with E-state index in [0.29, 0.717) is 17.9 Å². The summed E-state index contributed by atoms with van der Waals surface area (Å²) in [6, 6.07) is 13.9. The van der Waals surface area contributed by atoms with E-state index in [1.807, 2.05) is 54.9 Å². The Hall–Kier alpha value is -2.66. The van der Waals surface area contributed by atoms with Crippen molar-refractivity contribution in [2.75, 3.05) is 7.05 Å². The van der Waals surface area contributed by atoms with Crippen LogP contribution in [0, 0.1) is 6.92 Å². The predicted octanol–water partition coefficient (Wildman–Crippen LogP) is 0.221. The van der Waals surface area contributed by atoms with Crippen LogP contribution in [0.25, 0.3) is 5.65 Å². The summed E-state index contributed by atoms with van der Waals surface area (Å²) in [5.41, 5.74) is 3.62. The van der Waals surface area contributed by atoms with Crippen LogP contribution in [0.5, 0.6) is 0 Å². The number of pyridine rings is 1. The van der Waals surface area contributed by atoms with E-state index in [1.54, 1.807) is 0 Å². The van der Waals surface area contributed by atoms with E-state index in [2.05, 4.69) is 17.1 Å². The lowest BCUT2D eigenvalue weighted by atomic mass is 10.2. The maximum Gasteiger partial charge on any atom is 0.137 e. The van der Waals surface area contributed by atoms with E-state index in [9.17, 15) is 9.90 Å². The molecule has 0 saturated heterocycles. The zero-order valence-electron chi connectivity index (χ0n) is 13.2. The smallest absolute Gasteiger partial charge is 0.137 e. The first-order valence-electron chi connectivity index (χ1n) is 7.59. The van der Waals surface area contributed by atoms with Gasteiger partial charge in [0.2, 0.25) is 0 Å². The lowest BCUT2D eigenvalue weighted by molar-refractivity contribution is -0.908. The van der Waals surface area contributed by atoms with Crippen molar-refractivity contribution >= 4 is 11.6 Å². The number of aromatic carboxylic acids is 1. The van der Waals surface area contributed by atoms with E-state index in [0.717, 1.165) is 12.1 Å². The first-order valence-corrected chi connectivity index (χ1v) is 7.59. The highest BCUT2D eigenvalue weighted by Crippen LogP contribution is 2.13.